The molecular weight excluding hydrogens is 324 g/mol. The molecule has 124 valence electrons. The van der Waals surface area contributed by atoms with Gasteiger partial charge in [-0.3, -0.25) is 0 Å². The minimum absolute atomic E-state index is 0.368. The van der Waals surface area contributed by atoms with Crippen molar-refractivity contribution >= 4 is 23.1 Å². The standard InChI is InChI=1S/C20H19ClO3/c1-19(2,23)20(12-16(13-20)14-7-4-3-5-8-14)24-18(22)15-9-6-10-17(21)11-15/h3-12,23H,13H2,1-2H3. The van der Waals surface area contributed by atoms with Crippen molar-refractivity contribution in [2.24, 2.45) is 0 Å². The van der Waals surface area contributed by atoms with Crippen LogP contribution < -0.4 is 0 Å². The van der Waals surface area contributed by atoms with Gasteiger partial charge in [-0.1, -0.05) is 48.0 Å². The van der Waals surface area contributed by atoms with Gasteiger partial charge in [0, 0.05) is 11.4 Å². The predicted octanol–water partition coefficient (Wildman–Crippen LogP) is 4.49. The van der Waals surface area contributed by atoms with Crippen molar-refractivity contribution in [3.05, 3.63) is 76.8 Å². The minimum Gasteiger partial charge on any atom is -0.448 e. The van der Waals surface area contributed by atoms with E-state index in [1.54, 1.807) is 38.1 Å². The molecule has 0 amide bonds. The molecule has 0 aliphatic heterocycles. The zero-order valence-electron chi connectivity index (χ0n) is 13.6. The molecule has 0 radical (unpaired) electrons. The van der Waals surface area contributed by atoms with Gasteiger partial charge >= 0.3 is 5.97 Å². The van der Waals surface area contributed by atoms with E-state index in [4.69, 9.17) is 16.3 Å². The summed E-state index contributed by atoms with van der Waals surface area (Å²) >= 11 is 5.93. The van der Waals surface area contributed by atoms with Gasteiger partial charge in [0.25, 0.3) is 0 Å². The second kappa shape index (κ2) is 6.08. The molecule has 24 heavy (non-hydrogen) atoms. The monoisotopic (exact) mass is 342 g/mol. The van der Waals surface area contributed by atoms with Crippen molar-refractivity contribution in [2.45, 2.75) is 31.5 Å². The number of hydrogen-bond donors (Lipinski definition) is 1. The number of carbonyl (C=O) groups is 1. The average Bonchev–Trinajstić information content (AvgIpc) is 2.50. The molecule has 1 aliphatic carbocycles. The Hall–Kier alpha value is -2.10. The molecule has 4 heteroatoms. The van der Waals surface area contributed by atoms with Crippen molar-refractivity contribution in [1.29, 1.82) is 0 Å². The molecule has 0 heterocycles. The Morgan fingerprint density at radius 1 is 1.17 bits per heavy atom. The van der Waals surface area contributed by atoms with Crippen molar-refractivity contribution in [3.63, 3.8) is 0 Å². The normalized spacial score (nSPS) is 20.1. The molecule has 2 aromatic rings. The summed E-state index contributed by atoms with van der Waals surface area (Å²) in [5.41, 5.74) is 0.248. The van der Waals surface area contributed by atoms with Crippen LogP contribution in [0.1, 0.15) is 36.2 Å². The lowest BCUT2D eigenvalue weighted by atomic mass is 9.69. The van der Waals surface area contributed by atoms with Crippen LogP contribution in [0, 0.1) is 0 Å². The average molecular weight is 343 g/mol. The van der Waals surface area contributed by atoms with Gasteiger partial charge < -0.3 is 9.84 Å². The summed E-state index contributed by atoms with van der Waals surface area (Å²) in [6.07, 6.45) is 2.30. The van der Waals surface area contributed by atoms with E-state index >= 15 is 0 Å². The summed E-state index contributed by atoms with van der Waals surface area (Å²) in [4.78, 5) is 12.5. The smallest absolute Gasteiger partial charge is 0.339 e. The Balaban J connectivity index is 1.88. The number of halogens is 1. The van der Waals surface area contributed by atoms with Gasteiger partial charge in [-0.2, -0.15) is 0 Å². The number of hydrogen-bond acceptors (Lipinski definition) is 3. The molecule has 0 fully saturated rings. The highest BCUT2D eigenvalue weighted by Crippen LogP contribution is 2.46. The maximum Gasteiger partial charge on any atom is 0.339 e. The third kappa shape index (κ3) is 3.10. The first-order chi connectivity index (χ1) is 11.3. The van der Waals surface area contributed by atoms with Crippen LogP contribution in [-0.4, -0.2) is 22.3 Å². The number of esters is 1. The second-order valence-corrected chi connectivity index (χ2v) is 7.00. The van der Waals surface area contributed by atoms with Crippen LogP contribution in [0.2, 0.25) is 5.02 Å². The van der Waals surface area contributed by atoms with E-state index in [1.807, 2.05) is 36.4 Å². The van der Waals surface area contributed by atoms with Crippen LogP contribution in [-0.2, 0) is 4.74 Å². The maximum absolute atomic E-state index is 12.5. The van der Waals surface area contributed by atoms with Crippen LogP contribution in [0.25, 0.3) is 5.57 Å². The van der Waals surface area contributed by atoms with Gasteiger partial charge in [0.05, 0.1) is 5.56 Å². The van der Waals surface area contributed by atoms with E-state index in [1.165, 1.54) is 0 Å². The summed E-state index contributed by atoms with van der Waals surface area (Å²) in [6.45, 7) is 3.30. The third-order valence-electron chi connectivity index (χ3n) is 4.38. The van der Waals surface area contributed by atoms with E-state index in [0.717, 1.165) is 11.1 Å². The zero-order valence-corrected chi connectivity index (χ0v) is 14.4. The van der Waals surface area contributed by atoms with E-state index < -0.39 is 17.2 Å². The highest BCUT2D eigenvalue weighted by molar-refractivity contribution is 6.30. The summed E-state index contributed by atoms with van der Waals surface area (Å²) in [7, 11) is 0. The van der Waals surface area contributed by atoms with Crippen molar-refractivity contribution in [3.8, 4) is 0 Å². The van der Waals surface area contributed by atoms with Crippen molar-refractivity contribution in [2.75, 3.05) is 0 Å². The fourth-order valence-corrected chi connectivity index (χ4v) is 2.99. The van der Waals surface area contributed by atoms with Gasteiger partial charge in [0.1, 0.15) is 5.60 Å². The molecule has 1 aliphatic rings. The maximum atomic E-state index is 12.5. The lowest BCUT2D eigenvalue weighted by Crippen LogP contribution is -2.55. The van der Waals surface area contributed by atoms with Crippen LogP contribution >= 0.6 is 11.6 Å². The van der Waals surface area contributed by atoms with Gasteiger partial charge in [0.15, 0.2) is 5.60 Å². The van der Waals surface area contributed by atoms with E-state index in [0.29, 0.717) is 17.0 Å². The summed E-state index contributed by atoms with van der Waals surface area (Å²) in [5, 5.41) is 11.0. The van der Waals surface area contributed by atoms with Gasteiger partial charge in [-0.05, 0) is 49.3 Å². The fourth-order valence-electron chi connectivity index (χ4n) is 2.80. The molecular formula is C20H19ClO3. The number of carbonyl (C=O) groups excluding carboxylic acids is 1. The van der Waals surface area contributed by atoms with Gasteiger partial charge in [-0.25, -0.2) is 4.79 Å². The molecule has 1 N–H and O–H groups in total. The van der Waals surface area contributed by atoms with E-state index in [2.05, 4.69) is 0 Å². The fraction of sp³-hybridized carbons (Fsp3) is 0.250. The molecule has 2 aromatic carbocycles. The Bertz CT molecular complexity index is 790. The molecule has 0 saturated carbocycles. The summed E-state index contributed by atoms with van der Waals surface area (Å²) < 4.78 is 5.71. The molecule has 3 nitrogen and oxygen atoms in total. The molecule has 1 unspecified atom stereocenters. The molecule has 0 bridgehead atoms. The first kappa shape index (κ1) is 16.7. The van der Waals surface area contributed by atoms with Gasteiger partial charge in [0.2, 0.25) is 0 Å². The van der Waals surface area contributed by atoms with Crippen LogP contribution in [0.5, 0.6) is 0 Å². The van der Waals surface area contributed by atoms with Crippen molar-refractivity contribution < 1.29 is 14.6 Å². The topological polar surface area (TPSA) is 46.5 Å². The Morgan fingerprint density at radius 2 is 1.83 bits per heavy atom. The second-order valence-electron chi connectivity index (χ2n) is 6.56. The Kier molecular flexibility index (Phi) is 4.24. The first-order valence-electron chi connectivity index (χ1n) is 7.79. The van der Waals surface area contributed by atoms with Crippen LogP contribution in [0.15, 0.2) is 60.7 Å². The molecule has 0 aromatic heterocycles. The molecule has 3 rings (SSSR count). The summed E-state index contributed by atoms with van der Waals surface area (Å²) in [5.74, 6) is -0.497. The van der Waals surface area contributed by atoms with Gasteiger partial charge in [-0.15, -0.1) is 0 Å². The SMILES string of the molecule is CC(C)(O)C1(OC(=O)c2cccc(Cl)c2)C=C(c2ccccc2)C1. The highest BCUT2D eigenvalue weighted by atomic mass is 35.5. The first-order valence-corrected chi connectivity index (χ1v) is 8.17. The Labute approximate surface area is 146 Å². The minimum atomic E-state index is -1.19. The van der Waals surface area contributed by atoms with E-state index in [9.17, 15) is 9.90 Å². The third-order valence-corrected chi connectivity index (χ3v) is 4.61. The predicted molar refractivity (Wildman–Crippen MR) is 94.9 cm³/mol. The lowest BCUT2D eigenvalue weighted by molar-refractivity contribution is -0.114. The zero-order chi connectivity index (χ0) is 17.4. The summed E-state index contributed by atoms with van der Waals surface area (Å²) in [6, 6.07) is 16.5. The van der Waals surface area contributed by atoms with Crippen LogP contribution in [0.3, 0.4) is 0 Å². The lowest BCUT2D eigenvalue weighted by Gasteiger charge is -2.47. The van der Waals surface area contributed by atoms with Crippen molar-refractivity contribution in [1.82, 2.24) is 0 Å². The molecule has 1 atom stereocenters. The quantitative estimate of drug-likeness (QED) is 0.832. The van der Waals surface area contributed by atoms with E-state index in [-0.39, 0.29) is 0 Å². The number of rotatable bonds is 4. The Morgan fingerprint density at radius 3 is 2.42 bits per heavy atom. The number of ether oxygens (including phenoxy) is 1. The largest absolute Gasteiger partial charge is 0.448 e. The number of aliphatic hydroxyl groups is 1. The number of benzene rings is 2. The molecule has 0 spiro atoms. The van der Waals surface area contributed by atoms with Crippen LogP contribution in [0.4, 0.5) is 0 Å². The highest BCUT2D eigenvalue weighted by Gasteiger charge is 2.52. The molecule has 0 saturated heterocycles.